The SMILES string of the molecule is CC1CCC(Nc2ncc(C(N)=O)n3cc(-c4ccc(Cl)cc4)nc23)CC1. The second kappa shape index (κ2) is 7.19. The lowest BCUT2D eigenvalue weighted by molar-refractivity contribution is 0.0994. The number of fused-ring (bicyclic) bond motifs is 1. The number of nitrogens with zero attached hydrogens (tertiary/aromatic N) is 3. The van der Waals surface area contributed by atoms with Crippen LogP contribution in [0.3, 0.4) is 0 Å². The monoisotopic (exact) mass is 383 g/mol. The van der Waals surface area contributed by atoms with E-state index in [2.05, 4.69) is 17.2 Å². The van der Waals surface area contributed by atoms with E-state index in [9.17, 15) is 4.79 Å². The van der Waals surface area contributed by atoms with E-state index in [-0.39, 0.29) is 0 Å². The van der Waals surface area contributed by atoms with E-state index in [0.717, 1.165) is 30.0 Å². The first kappa shape index (κ1) is 17.8. The summed E-state index contributed by atoms with van der Waals surface area (Å²) in [6.45, 7) is 2.29. The highest BCUT2D eigenvalue weighted by Crippen LogP contribution is 2.28. The predicted octanol–water partition coefficient (Wildman–Crippen LogP) is 4.14. The van der Waals surface area contributed by atoms with E-state index in [1.807, 2.05) is 30.5 Å². The third-order valence-corrected chi connectivity index (χ3v) is 5.49. The van der Waals surface area contributed by atoms with Gasteiger partial charge >= 0.3 is 0 Å². The van der Waals surface area contributed by atoms with Crippen molar-refractivity contribution >= 4 is 29.0 Å². The average Bonchev–Trinajstić information content (AvgIpc) is 3.09. The highest BCUT2D eigenvalue weighted by molar-refractivity contribution is 6.30. The van der Waals surface area contributed by atoms with Crippen LogP contribution in [0, 0.1) is 5.92 Å². The normalized spacial score (nSPS) is 19.9. The van der Waals surface area contributed by atoms with Crippen molar-refractivity contribution in [3.05, 3.63) is 47.4 Å². The number of imidazole rings is 1. The second-order valence-electron chi connectivity index (χ2n) is 7.28. The number of rotatable bonds is 4. The molecule has 0 radical (unpaired) electrons. The summed E-state index contributed by atoms with van der Waals surface area (Å²) in [6, 6.07) is 7.80. The highest BCUT2D eigenvalue weighted by Gasteiger charge is 2.21. The first-order chi connectivity index (χ1) is 13.0. The van der Waals surface area contributed by atoms with Crippen LogP contribution in [-0.2, 0) is 0 Å². The Bertz CT molecular complexity index is 974. The summed E-state index contributed by atoms with van der Waals surface area (Å²) < 4.78 is 1.72. The molecule has 1 fully saturated rings. The largest absolute Gasteiger partial charge is 0.364 e. The van der Waals surface area contributed by atoms with Crippen LogP contribution in [0.15, 0.2) is 36.7 Å². The van der Waals surface area contributed by atoms with Gasteiger partial charge in [0.15, 0.2) is 11.5 Å². The summed E-state index contributed by atoms with van der Waals surface area (Å²) in [4.78, 5) is 21.0. The maximum atomic E-state index is 11.8. The van der Waals surface area contributed by atoms with Gasteiger partial charge in [0.05, 0.1) is 11.9 Å². The van der Waals surface area contributed by atoms with Gasteiger partial charge in [-0.25, -0.2) is 9.97 Å². The van der Waals surface area contributed by atoms with Gasteiger partial charge in [-0.1, -0.05) is 30.7 Å². The van der Waals surface area contributed by atoms with E-state index < -0.39 is 5.91 Å². The number of hydrogen-bond acceptors (Lipinski definition) is 4. The molecule has 1 amide bonds. The fourth-order valence-electron chi connectivity index (χ4n) is 3.62. The standard InChI is InChI=1S/C20H22ClN5O/c1-12-2-8-15(9-3-12)24-19-20-25-16(13-4-6-14(21)7-5-13)11-26(20)17(10-23-19)18(22)27/h4-7,10-12,15H,2-3,8-9H2,1H3,(H2,22,27)(H,23,24). The molecular formula is C20H22ClN5O. The number of primary amides is 1. The molecule has 140 valence electrons. The minimum absolute atomic E-state index is 0.306. The van der Waals surface area contributed by atoms with Gasteiger partial charge in [0, 0.05) is 22.8 Å². The van der Waals surface area contributed by atoms with Crippen LogP contribution in [0.2, 0.25) is 5.02 Å². The van der Waals surface area contributed by atoms with Gasteiger partial charge in [0.2, 0.25) is 0 Å². The van der Waals surface area contributed by atoms with Crippen molar-refractivity contribution in [2.24, 2.45) is 11.7 Å². The molecule has 1 aromatic carbocycles. The van der Waals surface area contributed by atoms with Crippen LogP contribution in [0.5, 0.6) is 0 Å². The summed E-state index contributed by atoms with van der Waals surface area (Å²) in [5, 5.41) is 4.18. The van der Waals surface area contributed by atoms with Crippen LogP contribution in [-0.4, -0.2) is 26.3 Å². The molecule has 0 atom stereocenters. The number of carbonyl (C=O) groups is 1. The lowest BCUT2D eigenvalue weighted by Crippen LogP contribution is -2.26. The highest BCUT2D eigenvalue weighted by atomic mass is 35.5. The third kappa shape index (κ3) is 3.62. The third-order valence-electron chi connectivity index (χ3n) is 5.24. The molecule has 0 unspecified atom stereocenters. The number of hydrogen-bond donors (Lipinski definition) is 2. The van der Waals surface area contributed by atoms with Crippen molar-refractivity contribution in [2.45, 2.75) is 38.6 Å². The van der Waals surface area contributed by atoms with Crippen LogP contribution in [0.1, 0.15) is 43.1 Å². The number of anilines is 1. The molecule has 7 heteroatoms. The van der Waals surface area contributed by atoms with Gasteiger partial charge in [-0.2, -0.15) is 0 Å². The predicted molar refractivity (Wildman–Crippen MR) is 107 cm³/mol. The number of aromatic nitrogens is 3. The van der Waals surface area contributed by atoms with Crippen molar-refractivity contribution in [3.63, 3.8) is 0 Å². The molecule has 0 aliphatic heterocycles. The second-order valence-corrected chi connectivity index (χ2v) is 7.72. The van der Waals surface area contributed by atoms with Gasteiger partial charge in [0.25, 0.3) is 5.91 Å². The number of amides is 1. The molecule has 0 spiro atoms. The zero-order valence-electron chi connectivity index (χ0n) is 15.2. The first-order valence-corrected chi connectivity index (χ1v) is 9.59. The topological polar surface area (TPSA) is 85.3 Å². The molecule has 1 aliphatic rings. The van der Waals surface area contributed by atoms with E-state index >= 15 is 0 Å². The van der Waals surface area contributed by atoms with E-state index in [4.69, 9.17) is 22.3 Å². The summed E-state index contributed by atoms with van der Waals surface area (Å²) in [5.41, 5.74) is 8.10. The van der Waals surface area contributed by atoms with Crippen LogP contribution < -0.4 is 11.1 Å². The van der Waals surface area contributed by atoms with Crippen molar-refractivity contribution in [2.75, 3.05) is 5.32 Å². The average molecular weight is 384 g/mol. The van der Waals surface area contributed by atoms with Crippen LogP contribution >= 0.6 is 11.6 Å². The Hall–Kier alpha value is -2.60. The van der Waals surface area contributed by atoms with Crippen molar-refractivity contribution < 1.29 is 4.79 Å². The van der Waals surface area contributed by atoms with Crippen molar-refractivity contribution in [1.29, 1.82) is 0 Å². The quantitative estimate of drug-likeness (QED) is 0.709. The maximum absolute atomic E-state index is 11.8. The molecular weight excluding hydrogens is 362 g/mol. The molecule has 4 rings (SSSR count). The van der Waals surface area contributed by atoms with E-state index in [1.54, 1.807) is 4.40 Å². The van der Waals surface area contributed by atoms with Crippen molar-refractivity contribution in [3.8, 4) is 11.3 Å². The maximum Gasteiger partial charge on any atom is 0.267 e. The summed E-state index contributed by atoms with van der Waals surface area (Å²) >= 11 is 5.98. The Morgan fingerprint density at radius 2 is 1.93 bits per heavy atom. The lowest BCUT2D eigenvalue weighted by atomic mass is 9.87. The first-order valence-electron chi connectivity index (χ1n) is 9.21. The van der Waals surface area contributed by atoms with Gasteiger partial charge in [-0.15, -0.1) is 0 Å². The number of benzene rings is 1. The Kier molecular flexibility index (Phi) is 4.74. The minimum Gasteiger partial charge on any atom is -0.364 e. The molecule has 2 aromatic heterocycles. The number of halogens is 1. The van der Waals surface area contributed by atoms with Gasteiger partial charge in [-0.05, 0) is 43.7 Å². The Morgan fingerprint density at radius 3 is 2.59 bits per heavy atom. The Balaban J connectivity index is 1.74. The summed E-state index contributed by atoms with van der Waals surface area (Å²) in [7, 11) is 0. The van der Waals surface area contributed by atoms with Gasteiger partial charge < -0.3 is 11.1 Å². The molecule has 2 heterocycles. The van der Waals surface area contributed by atoms with Gasteiger partial charge in [-0.3, -0.25) is 9.20 Å². The molecule has 3 N–H and O–H groups in total. The molecule has 1 aliphatic carbocycles. The molecule has 1 saturated carbocycles. The summed E-state index contributed by atoms with van der Waals surface area (Å²) in [6.07, 6.45) is 7.95. The fourth-order valence-corrected chi connectivity index (χ4v) is 3.74. The van der Waals surface area contributed by atoms with Crippen LogP contribution in [0.4, 0.5) is 5.82 Å². The van der Waals surface area contributed by atoms with E-state index in [0.29, 0.717) is 28.2 Å². The minimum atomic E-state index is -0.536. The fraction of sp³-hybridized carbons (Fsp3) is 0.350. The smallest absolute Gasteiger partial charge is 0.267 e. The number of carbonyl (C=O) groups excluding carboxylic acids is 1. The molecule has 0 saturated heterocycles. The Morgan fingerprint density at radius 1 is 1.22 bits per heavy atom. The summed E-state index contributed by atoms with van der Waals surface area (Å²) in [5.74, 6) is 0.918. The van der Waals surface area contributed by atoms with Gasteiger partial charge in [0.1, 0.15) is 5.69 Å². The number of nitrogens with two attached hydrogens (primary N) is 1. The lowest BCUT2D eigenvalue weighted by Gasteiger charge is -2.27. The zero-order valence-corrected chi connectivity index (χ0v) is 15.9. The Labute approximate surface area is 162 Å². The zero-order chi connectivity index (χ0) is 19.0. The molecule has 6 nitrogen and oxygen atoms in total. The number of nitrogens with one attached hydrogen (secondary N) is 1. The van der Waals surface area contributed by atoms with E-state index in [1.165, 1.54) is 19.0 Å². The molecule has 3 aromatic rings. The molecule has 0 bridgehead atoms. The van der Waals surface area contributed by atoms with Crippen LogP contribution in [0.25, 0.3) is 16.9 Å². The van der Waals surface area contributed by atoms with Crippen molar-refractivity contribution in [1.82, 2.24) is 14.4 Å². The molecule has 27 heavy (non-hydrogen) atoms.